The number of hydrogen-bond donors (Lipinski definition) is 1. The van der Waals surface area contributed by atoms with Gasteiger partial charge in [0, 0.05) is 24.5 Å². The molecule has 0 aromatic rings. The predicted octanol–water partition coefficient (Wildman–Crippen LogP) is 3.29. The van der Waals surface area contributed by atoms with Gasteiger partial charge in [0.25, 0.3) is 0 Å². The molecule has 4 unspecified atom stereocenters. The van der Waals surface area contributed by atoms with Crippen LogP contribution in [0.25, 0.3) is 0 Å². The second kappa shape index (κ2) is 6.17. The molecule has 4 atom stereocenters. The van der Waals surface area contributed by atoms with Crippen LogP contribution in [0.5, 0.6) is 0 Å². The number of piperidine rings is 1. The highest BCUT2D eigenvalue weighted by Gasteiger charge is 2.53. The Bertz CT molecular complexity index is 353. The van der Waals surface area contributed by atoms with Crippen molar-refractivity contribution in [2.45, 2.75) is 84.6 Å². The van der Waals surface area contributed by atoms with Gasteiger partial charge < -0.3 is 15.0 Å². The van der Waals surface area contributed by atoms with Crippen LogP contribution in [0.4, 0.5) is 0 Å². The number of nitrogens with one attached hydrogen (secondary N) is 1. The molecule has 2 heterocycles. The molecule has 3 nitrogen and oxygen atoms in total. The zero-order valence-electron chi connectivity index (χ0n) is 15.2. The fourth-order valence-corrected chi connectivity index (χ4v) is 4.62. The molecule has 0 aromatic carbocycles. The molecule has 0 aromatic heterocycles. The van der Waals surface area contributed by atoms with Gasteiger partial charge in [-0.3, -0.25) is 0 Å². The smallest absolute Gasteiger partial charge is 0.0790 e. The summed E-state index contributed by atoms with van der Waals surface area (Å²) in [5.41, 5.74) is -0.143. The largest absolute Gasteiger partial charge is 0.368 e. The fourth-order valence-electron chi connectivity index (χ4n) is 4.62. The van der Waals surface area contributed by atoms with E-state index in [-0.39, 0.29) is 11.2 Å². The van der Waals surface area contributed by atoms with E-state index in [0.717, 1.165) is 19.0 Å². The Balaban J connectivity index is 2.11. The zero-order valence-corrected chi connectivity index (χ0v) is 15.2. The molecule has 0 aliphatic carbocycles. The van der Waals surface area contributed by atoms with E-state index in [1.54, 1.807) is 0 Å². The monoisotopic (exact) mass is 296 g/mol. The van der Waals surface area contributed by atoms with Crippen LogP contribution in [0, 0.1) is 11.8 Å². The third kappa shape index (κ3) is 3.62. The van der Waals surface area contributed by atoms with Crippen molar-refractivity contribution in [1.82, 2.24) is 10.2 Å². The lowest BCUT2D eigenvalue weighted by Gasteiger charge is -2.41. The number of likely N-dealkylation sites (N-methyl/N-ethyl adjacent to an activating group) is 1. The van der Waals surface area contributed by atoms with Gasteiger partial charge in [0.2, 0.25) is 0 Å². The fraction of sp³-hybridized carbons (Fsp3) is 1.00. The molecule has 2 aliphatic rings. The van der Waals surface area contributed by atoms with E-state index in [9.17, 15) is 0 Å². The summed E-state index contributed by atoms with van der Waals surface area (Å²) in [6, 6.07) is 1.14. The Morgan fingerprint density at radius 1 is 1.14 bits per heavy atom. The molecule has 21 heavy (non-hydrogen) atoms. The molecule has 0 amide bonds. The lowest BCUT2D eigenvalue weighted by molar-refractivity contribution is -0.0808. The van der Waals surface area contributed by atoms with Gasteiger partial charge in [-0.2, -0.15) is 0 Å². The Labute approximate surface area is 131 Å². The molecule has 2 saturated heterocycles. The van der Waals surface area contributed by atoms with Crippen LogP contribution in [0.3, 0.4) is 0 Å². The van der Waals surface area contributed by atoms with E-state index in [0.29, 0.717) is 18.0 Å². The van der Waals surface area contributed by atoms with Crippen LogP contribution in [0.15, 0.2) is 0 Å². The number of rotatable bonds is 4. The Morgan fingerprint density at radius 2 is 1.81 bits per heavy atom. The minimum Gasteiger partial charge on any atom is -0.368 e. The molecule has 2 rings (SSSR count). The summed E-state index contributed by atoms with van der Waals surface area (Å²) in [5.74, 6) is 1.42. The average Bonchev–Trinajstić information content (AvgIpc) is 2.50. The minimum absolute atomic E-state index is 0.0564. The van der Waals surface area contributed by atoms with Crippen molar-refractivity contribution in [3.05, 3.63) is 0 Å². The highest BCUT2D eigenvalue weighted by Crippen LogP contribution is 2.43. The molecule has 0 bridgehead atoms. The molecule has 0 spiro atoms. The maximum absolute atomic E-state index is 6.42. The van der Waals surface area contributed by atoms with Gasteiger partial charge in [-0.15, -0.1) is 0 Å². The number of hydrogen-bond acceptors (Lipinski definition) is 3. The van der Waals surface area contributed by atoms with Crippen LogP contribution < -0.4 is 5.32 Å². The third-order valence-corrected chi connectivity index (χ3v) is 5.70. The first-order chi connectivity index (χ1) is 9.67. The first-order valence-electron chi connectivity index (χ1n) is 8.85. The molecule has 0 saturated carbocycles. The highest BCUT2D eigenvalue weighted by molar-refractivity contribution is 5.06. The van der Waals surface area contributed by atoms with Gasteiger partial charge in [-0.05, 0) is 66.5 Å². The van der Waals surface area contributed by atoms with Crippen molar-refractivity contribution in [3.8, 4) is 0 Å². The zero-order chi connectivity index (χ0) is 15.8. The maximum Gasteiger partial charge on any atom is 0.0790 e. The van der Waals surface area contributed by atoms with Crippen molar-refractivity contribution >= 4 is 0 Å². The van der Waals surface area contributed by atoms with Crippen molar-refractivity contribution in [1.29, 1.82) is 0 Å². The second-order valence-electron chi connectivity index (χ2n) is 8.42. The predicted molar refractivity (Wildman–Crippen MR) is 89.6 cm³/mol. The topological polar surface area (TPSA) is 24.5 Å². The van der Waals surface area contributed by atoms with Gasteiger partial charge in [-0.1, -0.05) is 13.8 Å². The quantitative estimate of drug-likeness (QED) is 0.861. The molecular formula is C18H36N2O. The SMILES string of the molecule is CCNC1C(CN2CCC(C)CC2C)C(C)(C)OC1(C)C. The van der Waals surface area contributed by atoms with Gasteiger partial charge in [0.1, 0.15) is 0 Å². The van der Waals surface area contributed by atoms with Crippen molar-refractivity contribution in [2.24, 2.45) is 11.8 Å². The first-order valence-corrected chi connectivity index (χ1v) is 8.85. The second-order valence-corrected chi connectivity index (χ2v) is 8.42. The summed E-state index contributed by atoms with van der Waals surface area (Å²) < 4.78 is 6.42. The summed E-state index contributed by atoms with van der Waals surface area (Å²) in [6.07, 6.45) is 2.68. The standard InChI is InChI=1S/C18H36N2O/c1-8-19-16-15(17(4,5)21-18(16,6)7)12-20-10-9-13(2)11-14(20)3/h13-16,19H,8-12H2,1-7H3. The first kappa shape index (κ1) is 17.2. The van der Waals surface area contributed by atoms with E-state index in [1.807, 2.05) is 0 Å². The number of nitrogens with zero attached hydrogens (tertiary/aromatic N) is 1. The summed E-state index contributed by atoms with van der Waals surface area (Å²) in [4.78, 5) is 2.70. The average molecular weight is 296 g/mol. The Hall–Kier alpha value is -0.120. The molecule has 1 N–H and O–H groups in total. The van der Waals surface area contributed by atoms with Crippen LogP contribution >= 0.6 is 0 Å². The Morgan fingerprint density at radius 3 is 2.38 bits per heavy atom. The summed E-state index contributed by atoms with van der Waals surface area (Å²) in [5, 5.41) is 3.70. The summed E-state index contributed by atoms with van der Waals surface area (Å²) >= 11 is 0. The van der Waals surface area contributed by atoms with Crippen molar-refractivity contribution < 1.29 is 4.74 Å². The van der Waals surface area contributed by atoms with E-state index >= 15 is 0 Å². The van der Waals surface area contributed by atoms with Crippen LogP contribution in [0.2, 0.25) is 0 Å². The molecule has 2 fully saturated rings. The summed E-state index contributed by atoms with van der Waals surface area (Å²) in [7, 11) is 0. The van der Waals surface area contributed by atoms with Gasteiger partial charge in [-0.25, -0.2) is 0 Å². The minimum atomic E-state index is -0.0868. The van der Waals surface area contributed by atoms with Crippen LogP contribution in [0.1, 0.15) is 61.3 Å². The van der Waals surface area contributed by atoms with Crippen LogP contribution in [-0.4, -0.2) is 47.8 Å². The number of likely N-dealkylation sites (tertiary alicyclic amines) is 1. The molecular weight excluding hydrogens is 260 g/mol. The van der Waals surface area contributed by atoms with Gasteiger partial charge in [0.15, 0.2) is 0 Å². The van der Waals surface area contributed by atoms with E-state index in [4.69, 9.17) is 4.74 Å². The van der Waals surface area contributed by atoms with Gasteiger partial charge in [0.05, 0.1) is 11.2 Å². The van der Waals surface area contributed by atoms with E-state index in [1.165, 1.54) is 19.4 Å². The van der Waals surface area contributed by atoms with Crippen molar-refractivity contribution in [3.63, 3.8) is 0 Å². The molecule has 3 heteroatoms. The highest BCUT2D eigenvalue weighted by atomic mass is 16.5. The molecule has 124 valence electrons. The lowest BCUT2D eigenvalue weighted by Crippen LogP contribution is -2.53. The molecule has 0 radical (unpaired) electrons. The van der Waals surface area contributed by atoms with E-state index < -0.39 is 0 Å². The third-order valence-electron chi connectivity index (χ3n) is 5.70. The molecule has 2 aliphatic heterocycles. The summed E-state index contributed by atoms with van der Waals surface area (Å²) in [6.45, 7) is 19.4. The lowest BCUT2D eigenvalue weighted by atomic mass is 9.81. The van der Waals surface area contributed by atoms with Gasteiger partial charge >= 0.3 is 0 Å². The van der Waals surface area contributed by atoms with Crippen molar-refractivity contribution in [2.75, 3.05) is 19.6 Å². The van der Waals surface area contributed by atoms with Crippen LogP contribution in [-0.2, 0) is 4.74 Å². The normalized spacial score (nSPS) is 39.6. The Kier molecular flexibility index (Phi) is 5.07. The number of ether oxygens (including phenoxy) is 1. The maximum atomic E-state index is 6.42. The van der Waals surface area contributed by atoms with E-state index in [2.05, 4.69) is 58.7 Å².